The number of aliphatic hydroxyl groups is 1. The largest absolute Gasteiger partial charge is 0.466 e. The lowest BCUT2D eigenvalue weighted by atomic mass is 9.59. The number of rotatable bonds is 2. The van der Waals surface area contributed by atoms with Gasteiger partial charge in [0.1, 0.15) is 6.10 Å². The molecular weight excluding hydrogens is 442 g/mol. The Morgan fingerprint density at radius 3 is 2.66 bits per heavy atom. The molecule has 35 heavy (non-hydrogen) atoms. The second-order valence-electron chi connectivity index (χ2n) is 12.6. The van der Waals surface area contributed by atoms with Gasteiger partial charge in [0.15, 0.2) is 23.3 Å². The molecule has 2 bridgehead atoms. The number of hydrogen-bond donors (Lipinski definition) is 1. The number of ketones is 1. The Labute approximate surface area is 207 Å². The molecule has 6 heteroatoms. The third kappa shape index (κ3) is 2.88. The number of nitrogens with zero attached hydrogens (tertiary/aromatic N) is 1. The van der Waals surface area contributed by atoms with Gasteiger partial charge in [-0.2, -0.15) is 0 Å². The Kier molecular flexibility index (Phi) is 4.71. The number of Topliss-reactive ketones (excluding diaryl/α,β-unsaturated/α-hetero) is 1. The molecule has 1 unspecified atom stereocenters. The van der Waals surface area contributed by atoms with Crippen molar-refractivity contribution in [3.8, 4) is 5.88 Å². The Hall–Kier alpha value is -2.02. The fraction of sp³-hybridized carbons (Fsp3) is 0.655. The van der Waals surface area contributed by atoms with E-state index in [9.17, 15) is 9.90 Å². The highest BCUT2D eigenvalue weighted by atomic mass is 16.7. The van der Waals surface area contributed by atoms with Crippen LogP contribution in [-0.4, -0.2) is 46.1 Å². The summed E-state index contributed by atoms with van der Waals surface area (Å²) in [5.41, 5.74) is -0.0741. The quantitative estimate of drug-likeness (QED) is 0.634. The summed E-state index contributed by atoms with van der Waals surface area (Å²) < 4.78 is 19.1. The molecule has 1 aromatic heterocycles. The van der Waals surface area contributed by atoms with Gasteiger partial charge in [-0.1, -0.05) is 39.0 Å². The minimum absolute atomic E-state index is 0.0741. The van der Waals surface area contributed by atoms with Crippen molar-refractivity contribution in [3.05, 3.63) is 47.2 Å². The number of fused-ring (bicyclic) bond motifs is 5. The van der Waals surface area contributed by atoms with E-state index in [1.165, 1.54) is 0 Å². The molecule has 6 rings (SSSR count). The molecule has 1 saturated heterocycles. The van der Waals surface area contributed by atoms with Crippen LogP contribution in [0, 0.1) is 41.4 Å². The van der Waals surface area contributed by atoms with Crippen LogP contribution in [0.3, 0.4) is 0 Å². The summed E-state index contributed by atoms with van der Waals surface area (Å²) in [7, 11) is 0. The zero-order valence-electron chi connectivity index (χ0n) is 21.8. The third-order valence-electron chi connectivity index (χ3n) is 9.86. The number of pyridine rings is 1. The van der Waals surface area contributed by atoms with Crippen molar-refractivity contribution >= 4 is 5.78 Å². The van der Waals surface area contributed by atoms with Crippen molar-refractivity contribution in [2.24, 2.45) is 34.5 Å². The summed E-state index contributed by atoms with van der Waals surface area (Å²) in [5.74, 6) is 0.00619. The zero-order chi connectivity index (χ0) is 25.1. The van der Waals surface area contributed by atoms with Gasteiger partial charge >= 0.3 is 0 Å². The lowest BCUT2D eigenvalue weighted by Gasteiger charge is -2.52. The Bertz CT molecular complexity index is 1170. The van der Waals surface area contributed by atoms with Crippen molar-refractivity contribution in [3.63, 3.8) is 0 Å². The molecule has 6 nitrogen and oxygen atoms in total. The molecule has 1 N–H and O–H groups in total. The highest BCUT2D eigenvalue weighted by Gasteiger charge is 2.77. The highest BCUT2D eigenvalue weighted by molar-refractivity contribution is 5.95. The summed E-state index contributed by atoms with van der Waals surface area (Å²) in [6.45, 7) is 14.6. The Morgan fingerprint density at radius 2 is 1.94 bits per heavy atom. The Morgan fingerprint density at radius 1 is 1.20 bits per heavy atom. The van der Waals surface area contributed by atoms with Crippen molar-refractivity contribution in [1.29, 1.82) is 0 Å². The Balaban J connectivity index is 1.57. The smallest absolute Gasteiger partial charge is 0.216 e. The molecule has 1 aliphatic heterocycles. The predicted molar refractivity (Wildman–Crippen MR) is 131 cm³/mol. The lowest BCUT2D eigenvalue weighted by Crippen LogP contribution is -2.68. The van der Waals surface area contributed by atoms with Crippen LogP contribution in [-0.2, 0) is 14.3 Å². The van der Waals surface area contributed by atoms with Gasteiger partial charge in [0, 0.05) is 17.7 Å². The van der Waals surface area contributed by atoms with Gasteiger partial charge < -0.3 is 19.3 Å². The molecule has 0 aromatic carbocycles. The van der Waals surface area contributed by atoms with Gasteiger partial charge in [-0.3, -0.25) is 4.79 Å². The molecule has 5 aliphatic rings. The molecule has 2 heterocycles. The maximum Gasteiger partial charge on any atom is 0.216 e. The number of carbonyl (C=O) groups is 1. The number of ether oxygens (including phenoxy) is 3. The number of aryl methyl sites for hydroxylation is 1. The average molecular weight is 480 g/mol. The van der Waals surface area contributed by atoms with E-state index in [0.29, 0.717) is 18.4 Å². The van der Waals surface area contributed by atoms with Gasteiger partial charge in [0.25, 0.3) is 0 Å². The van der Waals surface area contributed by atoms with Crippen molar-refractivity contribution in [2.75, 3.05) is 6.61 Å². The van der Waals surface area contributed by atoms with E-state index < -0.39 is 29.0 Å². The highest BCUT2D eigenvalue weighted by Crippen LogP contribution is 2.72. The first-order valence-electron chi connectivity index (χ1n) is 12.9. The SMILES string of the molecule is CC1=CC23C(=O)[C@@H](C=C4COC(C)(C)O[C@H]4[C@]2(O)[C@H]1Oc1ncccc1C)[C@H]1[C@@H](C[C@H]3C)C1(C)C. The summed E-state index contributed by atoms with van der Waals surface area (Å²) >= 11 is 0. The topological polar surface area (TPSA) is 77.9 Å². The number of allylic oxidation sites excluding steroid dienone is 1. The van der Waals surface area contributed by atoms with E-state index in [2.05, 4.69) is 31.8 Å². The first kappa shape index (κ1) is 23.4. The second kappa shape index (κ2) is 7.05. The van der Waals surface area contributed by atoms with Crippen LogP contribution in [0.1, 0.15) is 53.5 Å². The van der Waals surface area contributed by atoms with E-state index in [0.717, 1.165) is 23.1 Å². The summed E-state index contributed by atoms with van der Waals surface area (Å²) in [6.07, 6.45) is 5.17. The minimum atomic E-state index is -1.62. The van der Waals surface area contributed by atoms with Crippen LogP contribution in [0.5, 0.6) is 5.88 Å². The van der Waals surface area contributed by atoms with E-state index in [1.54, 1.807) is 6.20 Å². The minimum Gasteiger partial charge on any atom is -0.466 e. The van der Waals surface area contributed by atoms with Crippen LogP contribution < -0.4 is 4.74 Å². The molecule has 2 saturated carbocycles. The van der Waals surface area contributed by atoms with Crippen LogP contribution in [0.25, 0.3) is 0 Å². The summed E-state index contributed by atoms with van der Waals surface area (Å²) in [4.78, 5) is 19.1. The molecule has 0 radical (unpaired) electrons. The van der Waals surface area contributed by atoms with Gasteiger partial charge in [-0.15, -0.1) is 0 Å². The van der Waals surface area contributed by atoms with Crippen LogP contribution >= 0.6 is 0 Å². The molecule has 1 aromatic rings. The standard InChI is InChI=1S/C29H37NO5/c1-15-9-8-10-30-25(15)34-23-16(2)13-28-17(3)11-20-21(26(20,4)5)19(22(28)31)12-18-14-33-27(6,7)35-24(18)29(23,28)32/h8-10,12-13,17,19-21,23-24,32H,11,14H2,1-7H3/t17-,19+,20-,21+,23+,24-,28?,29-/m1/s1. The number of carbonyl (C=O) groups excluding carboxylic acids is 1. The normalized spacial score (nSPS) is 44.6. The van der Waals surface area contributed by atoms with Crippen LogP contribution in [0.2, 0.25) is 0 Å². The predicted octanol–water partition coefficient (Wildman–Crippen LogP) is 4.40. The molecule has 3 fully saturated rings. The number of hydrogen-bond acceptors (Lipinski definition) is 6. The van der Waals surface area contributed by atoms with Crippen LogP contribution in [0.4, 0.5) is 0 Å². The van der Waals surface area contributed by atoms with E-state index in [4.69, 9.17) is 14.2 Å². The molecule has 8 atom stereocenters. The molecule has 0 amide bonds. The van der Waals surface area contributed by atoms with Gasteiger partial charge in [0.2, 0.25) is 5.88 Å². The first-order chi connectivity index (χ1) is 16.3. The van der Waals surface area contributed by atoms with Gasteiger partial charge in [0.05, 0.1) is 12.0 Å². The summed E-state index contributed by atoms with van der Waals surface area (Å²) in [5, 5.41) is 13.1. The van der Waals surface area contributed by atoms with E-state index in [1.807, 2.05) is 45.9 Å². The van der Waals surface area contributed by atoms with E-state index in [-0.39, 0.29) is 29.0 Å². The zero-order valence-corrected chi connectivity index (χ0v) is 21.8. The monoisotopic (exact) mass is 479 g/mol. The van der Waals surface area contributed by atoms with Gasteiger partial charge in [-0.05, 0) is 74.5 Å². The fourth-order valence-corrected chi connectivity index (χ4v) is 8.01. The molecule has 1 spiro atoms. The lowest BCUT2D eigenvalue weighted by molar-refractivity contribution is -0.301. The second-order valence-corrected chi connectivity index (χ2v) is 12.6. The summed E-state index contributed by atoms with van der Waals surface area (Å²) in [6, 6.07) is 3.80. The molecule has 4 aliphatic carbocycles. The van der Waals surface area contributed by atoms with E-state index >= 15 is 0 Å². The van der Waals surface area contributed by atoms with Crippen molar-refractivity contribution in [2.45, 2.75) is 78.5 Å². The molecular formula is C29H37NO5. The third-order valence-corrected chi connectivity index (χ3v) is 9.86. The fourth-order valence-electron chi connectivity index (χ4n) is 8.01. The molecule has 188 valence electrons. The van der Waals surface area contributed by atoms with Crippen molar-refractivity contribution < 1.29 is 24.1 Å². The van der Waals surface area contributed by atoms with Crippen molar-refractivity contribution in [1.82, 2.24) is 4.98 Å². The number of aromatic nitrogens is 1. The average Bonchev–Trinajstić information content (AvgIpc) is 3.27. The maximum atomic E-state index is 14.7. The first-order valence-corrected chi connectivity index (χ1v) is 12.9. The van der Waals surface area contributed by atoms with Gasteiger partial charge in [-0.25, -0.2) is 4.98 Å². The van der Waals surface area contributed by atoms with Crippen LogP contribution in [0.15, 0.2) is 41.6 Å². The maximum absolute atomic E-state index is 14.7.